The highest BCUT2D eigenvalue weighted by atomic mass is 32.2. The summed E-state index contributed by atoms with van der Waals surface area (Å²) in [4.78, 5) is 1.13. The quantitative estimate of drug-likeness (QED) is 0.823. The third kappa shape index (κ3) is 3.36. The molecule has 0 bridgehead atoms. The normalized spacial score (nSPS) is 10.3. The Balaban J connectivity index is 1.97. The maximum absolute atomic E-state index is 5.76. The molecule has 1 heterocycles. The largest absolute Gasteiger partial charge is 0.485 e. The minimum absolute atomic E-state index is 0.459. The van der Waals surface area contributed by atoms with E-state index in [2.05, 4.69) is 15.5 Å². The molecule has 0 spiro atoms. The molecule has 0 radical (unpaired) electrons. The van der Waals surface area contributed by atoms with Crippen molar-refractivity contribution in [3.05, 3.63) is 29.3 Å². The molecule has 2 rings (SSSR count). The summed E-state index contributed by atoms with van der Waals surface area (Å²) >= 11 is 3.20. The van der Waals surface area contributed by atoms with E-state index in [1.807, 2.05) is 37.4 Å². The number of hydrogen-bond donors (Lipinski definition) is 1. The van der Waals surface area contributed by atoms with Crippen LogP contribution in [0.4, 0.5) is 5.13 Å². The number of anilines is 1. The van der Waals surface area contributed by atoms with E-state index in [1.165, 1.54) is 11.3 Å². The van der Waals surface area contributed by atoms with Crippen LogP contribution < -0.4 is 10.1 Å². The molecule has 4 nitrogen and oxygen atoms in total. The molecule has 0 fully saturated rings. The van der Waals surface area contributed by atoms with Crippen molar-refractivity contribution in [1.82, 2.24) is 10.2 Å². The Morgan fingerprint density at radius 2 is 2.17 bits per heavy atom. The van der Waals surface area contributed by atoms with Gasteiger partial charge in [0, 0.05) is 11.4 Å². The molecule has 0 aliphatic heterocycles. The highest BCUT2D eigenvalue weighted by Crippen LogP contribution is 2.28. The van der Waals surface area contributed by atoms with Crippen molar-refractivity contribution >= 4 is 28.2 Å². The van der Waals surface area contributed by atoms with E-state index in [-0.39, 0.29) is 0 Å². The molecule has 0 saturated heterocycles. The molecular formula is C12H15N3OS2. The summed E-state index contributed by atoms with van der Waals surface area (Å²) in [5, 5.41) is 13.0. The average Bonchev–Trinajstić information content (AvgIpc) is 2.85. The fraction of sp³-hybridized carbons (Fsp3) is 0.333. The SMILES string of the molecule is CCNc1nnc(COc2ccccc2SC)s1. The summed E-state index contributed by atoms with van der Waals surface area (Å²) in [6.45, 7) is 3.34. The number of nitrogens with zero attached hydrogens (tertiary/aromatic N) is 2. The lowest BCUT2D eigenvalue weighted by atomic mass is 10.3. The van der Waals surface area contributed by atoms with E-state index in [4.69, 9.17) is 4.74 Å². The number of aromatic nitrogens is 2. The zero-order chi connectivity index (χ0) is 12.8. The van der Waals surface area contributed by atoms with Gasteiger partial charge in [-0.2, -0.15) is 0 Å². The molecule has 0 aliphatic rings. The van der Waals surface area contributed by atoms with Crippen LogP contribution in [-0.4, -0.2) is 23.0 Å². The van der Waals surface area contributed by atoms with E-state index in [9.17, 15) is 0 Å². The van der Waals surface area contributed by atoms with E-state index in [0.29, 0.717) is 6.61 Å². The summed E-state index contributed by atoms with van der Waals surface area (Å²) in [6.07, 6.45) is 2.04. The molecule has 0 unspecified atom stereocenters. The van der Waals surface area contributed by atoms with E-state index < -0.39 is 0 Å². The number of ether oxygens (including phenoxy) is 1. The number of nitrogens with one attached hydrogen (secondary N) is 1. The Morgan fingerprint density at radius 1 is 1.33 bits per heavy atom. The van der Waals surface area contributed by atoms with Crippen molar-refractivity contribution in [3.63, 3.8) is 0 Å². The lowest BCUT2D eigenvalue weighted by Gasteiger charge is -2.07. The molecule has 0 saturated carbocycles. The Morgan fingerprint density at radius 3 is 2.94 bits per heavy atom. The highest BCUT2D eigenvalue weighted by molar-refractivity contribution is 7.98. The summed E-state index contributed by atoms with van der Waals surface area (Å²) in [5.41, 5.74) is 0. The molecule has 6 heteroatoms. The first-order valence-electron chi connectivity index (χ1n) is 5.65. The Kier molecular flexibility index (Phi) is 4.83. The van der Waals surface area contributed by atoms with Gasteiger partial charge in [-0.1, -0.05) is 23.5 Å². The fourth-order valence-electron chi connectivity index (χ4n) is 1.41. The minimum Gasteiger partial charge on any atom is -0.485 e. The molecule has 1 aromatic heterocycles. The van der Waals surface area contributed by atoms with Crippen LogP contribution in [0, 0.1) is 0 Å². The van der Waals surface area contributed by atoms with Crippen LogP contribution in [0.2, 0.25) is 0 Å². The van der Waals surface area contributed by atoms with Gasteiger partial charge >= 0.3 is 0 Å². The fourth-order valence-corrected chi connectivity index (χ4v) is 2.68. The number of rotatable bonds is 6. The smallest absolute Gasteiger partial charge is 0.205 e. The van der Waals surface area contributed by atoms with Crippen molar-refractivity contribution in [1.29, 1.82) is 0 Å². The summed E-state index contributed by atoms with van der Waals surface area (Å²) in [7, 11) is 0. The maximum Gasteiger partial charge on any atom is 0.205 e. The van der Waals surface area contributed by atoms with Gasteiger partial charge in [0.1, 0.15) is 12.4 Å². The third-order valence-corrected chi connectivity index (χ3v) is 3.85. The van der Waals surface area contributed by atoms with Crippen LogP contribution in [0.3, 0.4) is 0 Å². The topological polar surface area (TPSA) is 47.0 Å². The van der Waals surface area contributed by atoms with E-state index >= 15 is 0 Å². The van der Waals surface area contributed by atoms with Gasteiger partial charge in [-0.25, -0.2) is 0 Å². The lowest BCUT2D eigenvalue weighted by Crippen LogP contribution is -1.95. The zero-order valence-electron chi connectivity index (χ0n) is 10.3. The van der Waals surface area contributed by atoms with Gasteiger partial charge in [0.05, 0.1) is 0 Å². The number of benzene rings is 1. The maximum atomic E-state index is 5.76. The van der Waals surface area contributed by atoms with Gasteiger partial charge in [0.2, 0.25) is 5.13 Å². The van der Waals surface area contributed by atoms with Crippen LogP contribution in [-0.2, 0) is 6.61 Å². The molecule has 2 aromatic rings. The van der Waals surface area contributed by atoms with E-state index in [1.54, 1.807) is 11.8 Å². The Hall–Kier alpha value is -1.27. The van der Waals surface area contributed by atoms with Crippen LogP contribution in [0.5, 0.6) is 5.75 Å². The highest BCUT2D eigenvalue weighted by Gasteiger charge is 2.06. The Labute approximate surface area is 115 Å². The number of thioether (sulfide) groups is 1. The molecule has 96 valence electrons. The van der Waals surface area contributed by atoms with Gasteiger partial charge in [-0.3, -0.25) is 0 Å². The molecule has 0 amide bonds. The first-order chi connectivity index (χ1) is 8.83. The summed E-state index contributed by atoms with van der Waals surface area (Å²) in [5.74, 6) is 0.894. The Bertz CT molecular complexity index is 502. The van der Waals surface area contributed by atoms with Gasteiger partial charge in [-0.15, -0.1) is 22.0 Å². The zero-order valence-corrected chi connectivity index (χ0v) is 12.0. The predicted molar refractivity (Wildman–Crippen MR) is 76.6 cm³/mol. The van der Waals surface area contributed by atoms with Gasteiger partial charge < -0.3 is 10.1 Å². The number of para-hydroxylation sites is 1. The first-order valence-corrected chi connectivity index (χ1v) is 7.69. The summed E-state index contributed by atoms with van der Waals surface area (Å²) in [6, 6.07) is 7.99. The molecular weight excluding hydrogens is 266 g/mol. The van der Waals surface area contributed by atoms with Crippen LogP contribution in [0.1, 0.15) is 11.9 Å². The van der Waals surface area contributed by atoms with Crippen LogP contribution >= 0.6 is 23.1 Å². The second-order valence-corrected chi connectivity index (χ2v) is 5.38. The molecule has 0 atom stereocenters. The van der Waals surface area contributed by atoms with Crippen molar-refractivity contribution in [2.24, 2.45) is 0 Å². The van der Waals surface area contributed by atoms with Crippen LogP contribution in [0.15, 0.2) is 29.2 Å². The molecule has 18 heavy (non-hydrogen) atoms. The lowest BCUT2D eigenvalue weighted by molar-refractivity contribution is 0.297. The van der Waals surface area contributed by atoms with Crippen molar-refractivity contribution < 1.29 is 4.74 Å². The van der Waals surface area contributed by atoms with E-state index in [0.717, 1.165) is 27.3 Å². The standard InChI is InChI=1S/C12H15N3OS2/c1-3-13-12-15-14-11(18-12)8-16-9-6-4-5-7-10(9)17-2/h4-7H,3,8H2,1-2H3,(H,13,15). The second-order valence-electron chi connectivity index (χ2n) is 3.47. The molecule has 1 N–H and O–H groups in total. The van der Waals surface area contributed by atoms with Crippen LogP contribution in [0.25, 0.3) is 0 Å². The van der Waals surface area contributed by atoms with Gasteiger partial charge in [0.15, 0.2) is 5.01 Å². The number of hydrogen-bond acceptors (Lipinski definition) is 6. The van der Waals surface area contributed by atoms with Crippen molar-refractivity contribution in [2.75, 3.05) is 18.1 Å². The third-order valence-electron chi connectivity index (χ3n) is 2.22. The summed E-state index contributed by atoms with van der Waals surface area (Å²) < 4.78 is 5.76. The monoisotopic (exact) mass is 281 g/mol. The van der Waals surface area contributed by atoms with Crippen molar-refractivity contribution in [3.8, 4) is 5.75 Å². The molecule has 0 aliphatic carbocycles. The van der Waals surface area contributed by atoms with Gasteiger partial charge in [0.25, 0.3) is 0 Å². The minimum atomic E-state index is 0.459. The van der Waals surface area contributed by atoms with Crippen molar-refractivity contribution in [2.45, 2.75) is 18.4 Å². The predicted octanol–water partition coefficient (Wildman–Crippen LogP) is 3.27. The van der Waals surface area contributed by atoms with Gasteiger partial charge in [-0.05, 0) is 25.3 Å². The molecule has 1 aromatic carbocycles. The average molecular weight is 281 g/mol. The second kappa shape index (κ2) is 6.61. The first kappa shape index (κ1) is 13.2.